The van der Waals surface area contributed by atoms with Crippen molar-refractivity contribution in [1.82, 2.24) is 0 Å². The van der Waals surface area contributed by atoms with Crippen LogP contribution in [0.4, 0.5) is 5.69 Å². The van der Waals surface area contributed by atoms with Crippen molar-refractivity contribution in [2.45, 2.75) is 31.8 Å². The predicted molar refractivity (Wildman–Crippen MR) is 73.5 cm³/mol. The number of nitrogens with two attached hydrogens (primary N) is 1. The first kappa shape index (κ1) is 12.5. The number of benzene rings is 1. The summed E-state index contributed by atoms with van der Waals surface area (Å²) in [6.07, 6.45) is 0.197. The first-order valence-corrected chi connectivity index (χ1v) is 6.48. The molecule has 1 unspecified atom stereocenters. The van der Waals surface area contributed by atoms with Crippen LogP contribution in [0.2, 0.25) is 0 Å². The number of amides is 1. The highest BCUT2D eigenvalue weighted by Gasteiger charge is 2.54. The van der Waals surface area contributed by atoms with Gasteiger partial charge in [-0.2, -0.15) is 5.26 Å². The summed E-state index contributed by atoms with van der Waals surface area (Å²) in [5.41, 5.74) is 7.64. The van der Waals surface area contributed by atoms with Crippen molar-refractivity contribution in [2.24, 2.45) is 5.73 Å². The minimum atomic E-state index is -1.02. The molecule has 2 atom stereocenters. The Bertz CT molecular complexity index is 687. The third kappa shape index (κ3) is 1.45. The van der Waals surface area contributed by atoms with Gasteiger partial charge in [-0.3, -0.25) is 4.79 Å². The molecule has 0 aliphatic carbocycles. The maximum absolute atomic E-state index is 12.6. The summed E-state index contributed by atoms with van der Waals surface area (Å²) in [7, 11) is 0. The normalized spacial score (nSPS) is 27.9. The number of carbonyl (C=O) groups is 1. The van der Waals surface area contributed by atoms with Gasteiger partial charge in [0.15, 0.2) is 5.88 Å². The fourth-order valence-electron chi connectivity index (χ4n) is 3.13. The Morgan fingerprint density at radius 1 is 1.55 bits per heavy atom. The van der Waals surface area contributed by atoms with Crippen LogP contribution in [0.1, 0.15) is 24.5 Å². The van der Waals surface area contributed by atoms with E-state index in [1.54, 1.807) is 0 Å². The molecule has 3 rings (SSSR count). The van der Waals surface area contributed by atoms with Crippen LogP contribution in [-0.2, 0) is 14.9 Å². The van der Waals surface area contributed by atoms with E-state index in [1.807, 2.05) is 32.0 Å². The molecular formula is C15H15N3O2. The molecule has 20 heavy (non-hydrogen) atoms. The smallest absolute Gasteiger partial charge is 0.240 e. The summed E-state index contributed by atoms with van der Waals surface area (Å²) in [5.74, 6) is -0.150. The largest absolute Gasteiger partial charge is 0.476 e. The van der Waals surface area contributed by atoms with E-state index in [1.165, 1.54) is 0 Å². The highest BCUT2D eigenvalue weighted by atomic mass is 16.5. The first-order valence-electron chi connectivity index (χ1n) is 6.48. The van der Waals surface area contributed by atoms with Crippen LogP contribution in [0.5, 0.6) is 0 Å². The van der Waals surface area contributed by atoms with Gasteiger partial charge in [-0.1, -0.05) is 17.7 Å². The Labute approximate surface area is 117 Å². The van der Waals surface area contributed by atoms with Crippen LogP contribution >= 0.6 is 0 Å². The third-order valence-corrected chi connectivity index (χ3v) is 3.98. The van der Waals surface area contributed by atoms with Crippen LogP contribution in [-0.4, -0.2) is 12.0 Å². The van der Waals surface area contributed by atoms with Gasteiger partial charge < -0.3 is 15.8 Å². The van der Waals surface area contributed by atoms with Crippen molar-refractivity contribution in [3.05, 3.63) is 40.8 Å². The van der Waals surface area contributed by atoms with E-state index in [4.69, 9.17) is 10.5 Å². The number of aryl methyl sites for hydroxylation is 1. The lowest BCUT2D eigenvalue weighted by atomic mass is 9.70. The molecule has 102 valence electrons. The van der Waals surface area contributed by atoms with Gasteiger partial charge in [-0.25, -0.2) is 0 Å². The molecule has 0 saturated carbocycles. The molecule has 2 heterocycles. The molecule has 1 aromatic carbocycles. The quantitative estimate of drug-likeness (QED) is 0.750. The number of nitrogens with zero attached hydrogens (tertiary/aromatic N) is 1. The molecule has 0 radical (unpaired) electrons. The van der Waals surface area contributed by atoms with Crippen LogP contribution in [0.25, 0.3) is 0 Å². The zero-order valence-electron chi connectivity index (χ0n) is 11.4. The van der Waals surface area contributed by atoms with E-state index >= 15 is 0 Å². The Balaban J connectivity index is 2.32. The number of fused-ring (bicyclic) bond motifs is 2. The van der Waals surface area contributed by atoms with Gasteiger partial charge in [0.25, 0.3) is 0 Å². The SMILES string of the molecule is Cc1ccc2c(c1)[C@]1(CC(C)OC(N)=C1C#N)C(=O)N2. The number of anilines is 1. The van der Waals surface area contributed by atoms with Gasteiger partial charge in [0, 0.05) is 12.1 Å². The number of rotatable bonds is 0. The van der Waals surface area contributed by atoms with Crippen molar-refractivity contribution in [2.75, 3.05) is 5.32 Å². The fraction of sp³-hybridized carbons (Fsp3) is 0.333. The highest BCUT2D eigenvalue weighted by Crippen LogP contribution is 2.49. The molecule has 2 aliphatic rings. The second-order valence-corrected chi connectivity index (χ2v) is 5.39. The van der Waals surface area contributed by atoms with Crippen LogP contribution in [0.3, 0.4) is 0 Å². The zero-order valence-corrected chi connectivity index (χ0v) is 11.4. The molecule has 5 heteroatoms. The topological polar surface area (TPSA) is 88.1 Å². The zero-order chi connectivity index (χ0) is 14.5. The second-order valence-electron chi connectivity index (χ2n) is 5.39. The number of hydrogen-bond donors (Lipinski definition) is 2. The monoisotopic (exact) mass is 269 g/mol. The third-order valence-electron chi connectivity index (χ3n) is 3.98. The predicted octanol–water partition coefficient (Wildman–Crippen LogP) is 1.69. The maximum Gasteiger partial charge on any atom is 0.240 e. The summed E-state index contributed by atoms with van der Waals surface area (Å²) < 4.78 is 5.42. The van der Waals surface area contributed by atoms with Crippen LogP contribution in [0.15, 0.2) is 29.7 Å². The van der Waals surface area contributed by atoms with Crippen molar-refractivity contribution in [1.29, 1.82) is 5.26 Å². The van der Waals surface area contributed by atoms with Gasteiger partial charge in [-0.15, -0.1) is 0 Å². The molecular weight excluding hydrogens is 254 g/mol. The Kier molecular flexibility index (Phi) is 2.51. The summed E-state index contributed by atoms with van der Waals surface area (Å²) >= 11 is 0. The fourth-order valence-corrected chi connectivity index (χ4v) is 3.13. The number of nitrogens with one attached hydrogen (secondary N) is 1. The van der Waals surface area contributed by atoms with Crippen LogP contribution in [0, 0.1) is 18.3 Å². The van der Waals surface area contributed by atoms with Gasteiger partial charge in [0.1, 0.15) is 17.1 Å². The summed E-state index contributed by atoms with van der Waals surface area (Å²) in [6, 6.07) is 7.80. The molecule has 3 N–H and O–H groups in total. The second kappa shape index (κ2) is 4.01. The van der Waals surface area contributed by atoms with Crippen LogP contribution < -0.4 is 11.1 Å². The van der Waals surface area contributed by atoms with Gasteiger partial charge in [0.2, 0.25) is 5.91 Å². The minimum absolute atomic E-state index is 0.0516. The lowest BCUT2D eigenvalue weighted by Crippen LogP contribution is -2.44. The van der Waals surface area contributed by atoms with Crippen molar-refractivity contribution in [3.8, 4) is 6.07 Å². The number of ether oxygens (including phenoxy) is 1. The summed E-state index contributed by atoms with van der Waals surface area (Å²) in [6.45, 7) is 3.81. The van der Waals surface area contributed by atoms with Crippen molar-refractivity contribution in [3.63, 3.8) is 0 Å². The minimum Gasteiger partial charge on any atom is -0.476 e. The molecule has 1 spiro atoms. The molecule has 0 saturated heterocycles. The lowest BCUT2D eigenvalue weighted by molar-refractivity contribution is -0.121. The molecule has 0 fully saturated rings. The van der Waals surface area contributed by atoms with Gasteiger partial charge in [-0.05, 0) is 25.5 Å². The number of carbonyl (C=O) groups excluding carboxylic acids is 1. The molecule has 2 aliphatic heterocycles. The first-order chi connectivity index (χ1) is 9.49. The van der Waals surface area contributed by atoms with E-state index in [0.29, 0.717) is 6.42 Å². The maximum atomic E-state index is 12.6. The van der Waals surface area contributed by atoms with E-state index < -0.39 is 5.41 Å². The molecule has 0 aromatic heterocycles. The average molecular weight is 269 g/mol. The number of hydrogen-bond acceptors (Lipinski definition) is 4. The average Bonchev–Trinajstić information content (AvgIpc) is 2.63. The summed E-state index contributed by atoms with van der Waals surface area (Å²) in [4.78, 5) is 12.6. The molecule has 1 amide bonds. The number of nitriles is 1. The van der Waals surface area contributed by atoms with Gasteiger partial charge >= 0.3 is 0 Å². The Hall–Kier alpha value is -2.48. The van der Waals surface area contributed by atoms with E-state index in [0.717, 1.165) is 16.8 Å². The van der Waals surface area contributed by atoms with E-state index in [2.05, 4.69) is 11.4 Å². The molecule has 0 bridgehead atoms. The van der Waals surface area contributed by atoms with E-state index in [9.17, 15) is 10.1 Å². The van der Waals surface area contributed by atoms with Gasteiger partial charge in [0.05, 0.1) is 6.10 Å². The Morgan fingerprint density at radius 2 is 2.30 bits per heavy atom. The van der Waals surface area contributed by atoms with E-state index in [-0.39, 0.29) is 23.5 Å². The lowest BCUT2D eigenvalue weighted by Gasteiger charge is -2.35. The standard InChI is InChI=1S/C15H15N3O2/c1-8-3-4-12-10(5-8)15(14(19)18-12)6-9(2)20-13(17)11(15)7-16/h3-5,9H,6,17H2,1-2H3,(H,18,19)/t9?,15-/m0/s1. The highest BCUT2D eigenvalue weighted by molar-refractivity contribution is 6.09. The van der Waals surface area contributed by atoms with Crippen molar-refractivity contribution >= 4 is 11.6 Å². The molecule has 5 nitrogen and oxygen atoms in total. The summed E-state index contributed by atoms with van der Waals surface area (Å²) in [5, 5.41) is 12.3. The molecule has 1 aromatic rings. The van der Waals surface area contributed by atoms with Crippen molar-refractivity contribution < 1.29 is 9.53 Å². The Morgan fingerprint density at radius 3 is 3.00 bits per heavy atom.